The van der Waals surface area contributed by atoms with Crippen LogP contribution in [-0.4, -0.2) is 30.2 Å². The van der Waals surface area contributed by atoms with E-state index in [2.05, 4.69) is 0 Å². The lowest BCUT2D eigenvalue weighted by molar-refractivity contribution is -0.131. The molecule has 0 fully saturated rings. The van der Waals surface area contributed by atoms with Gasteiger partial charge >= 0.3 is 0 Å². The Labute approximate surface area is 113 Å². The number of fused-ring (bicyclic) bond motifs is 1. The summed E-state index contributed by atoms with van der Waals surface area (Å²) in [6, 6.07) is 5.64. The highest BCUT2D eigenvalue weighted by molar-refractivity contribution is 5.76. The molecule has 0 saturated carbocycles. The number of hydrogen-bond acceptors (Lipinski definition) is 4. The molecule has 0 spiro atoms. The maximum atomic E-state index is 12.0. The van der Waals surface area contributed by atoms with Crippen LogP contribution in [0.15, 0.2) is 18.2 Å². The van der Waals surface area contributed by atoms with Crippen molar-refractivity contribution in [3.05, 3.63) is 23.8 Å². The van der Waals surface area contributed by atoms with Crippen molar-refractivity contribution in [1.29, 1.82) is 0 Å². The van der Waals surface area contributed by atoms with Gasteiger partial charge in [0, 0.05) is 25.6 Å². The minimum atomic E-state index is -0.113. The fraction of sp³-hybridized carbons (Fsp3) is 0.500. The van der Waals surface area contributed by atoms with Gasteiger partial charge in [-0.2, -0.15) is 0 Å². The molecule has 5 nitrogen and oxygen atoms in total. The number of hydrogen-bond donors (Lipinski definition) is 1. The summed E-state index contributed by atoms with van der Waals surface area (Å²) in [5.41, 5.74) is 6.70. The summed E-state index contributed by atoms with van der Waals surface area (Å²) in [7, 11) is 0. The Morgan fingerprint density at radius 2 is 2.16 bits per heavy atom. The molecule has 104 valence electrons. The minimum absolute atomic E-state index is 0.0789. The number of carbonyl (C=O) groups excluding carboxylic acids is 1. The Hall–Kier alpha value is -1.75. The molecule has 1 aromatic carbocycles. The molecule has 1 amide bonds. The smallest absolute Gasteiger partial charge is 0.231 e. The molecule has 5 heteroatoms. The predicted octanol–water partition coefficient (Wildman–Crippen LogP) is 1.50. The van der Waals surface area contributed by atoms with E-state index in [0.29, 0.717) is 19.5 Å². The molecule has 1 heterocycles. The average Bonchev–Trinajstić information content (AvgIpc) is 2.82. The van der Waals surface area contributed by atoms with E-state index in [-0.39, 0.29) is 18.7 Å². The van der Waals surface area contributed by atoms with Gasteiger partial charge in [-0.15, -0.1) is 0 Å². The van der Waals surface area contributed by atoms with Crippen molar-refractivity contribution < 1.29 is 14.3 Å². The van der Waals surface area contributed by atoms with Crippen LogP contribution in [-0.2, 0) is 11.3 Å². The molecule has 0 aromatic heterocycles. The van der Waals surface area contributed by atoms with Gasteiger partial charge in [-0.3, -0.25) is 4.79 Å². The minimum Gasteiger partial charge on any atom is -0.454 e. The van der Waals surface area contributed by atoms with Crippen LogP contribution in [0.25, 0.3) is 0 Å². The van der Waals surface area contributed by atoms with Crippen molar-refractivity contribution in [2.45, 2.75) is 32.9 Å². The third-order valence-corrected chi connectivity index (χ3v) is 3.04. The largest absolute Gasteiger partial charge is 0.454 e. The maximum Gasteiger partial charge on any atom is 0.231 e. The average molecular weight is 264 g/mol. The second-order valence-electron chi connectivity index (χ2n) is 4.78. The summed E-state index contributed by atoms with van der Waals surface area (Å²) in [5, 5.41) is 0. The number of nitrogens with two attached hydrogens (primary N) is 1. The molecule has 2 rings (SSSR count). The van der Waals surface area contributed by atoms with Crippen LogP contribution >= 0.6 is 0 Å². The van der Waals surface area contributed by atoms with Crippen LogP contribution in [0.1, 0.15) is 25.8 Å². The van der Waals surface area contributed by atoms with E-state index in [9.17, 15) is 4.79 Å². The Morgan fingerprint density at radius 3 is 2.84 bits per heavy atom. The van der Waals surface area contributed by atoms with Crippen LogP contribution in [0.4, 0.5) is 0 Å². The summed E-state index contributed by atoms with van der Waals surface area (Å²) >= 11 is 0. The number of rotatable bonds is 5. The Balaban J connectivity index is 2.04. The molecule has 2 N–H and O–H groups in total. The van der Waals surface area contributed by atoms with Gasteiger partial charge in [0.05, 0.1) is 0 Å². The molecule has 1 unspecified atom stereocenters. The van der Waals surface area contributed by atoms with Gasteiger partial charge < -0.3 is 20.1 Å². The van der Waals surface area contributed by atoms with Crippen LogP contribution in [0.3, 0.4) is 0 Å². The third kappa shape index (κ3) is 3.38. The zero-order valence-corrected chi connectivity index (χ0v) is 11.4. The molecule has 1 aliphatic heterocycles. The van der Waals surface area contributed by atoms with Crippen molar-refractivity contribution in [3.8, 4) is 11.5 Å². The van der Waals surface area contributed by atoms with E-state index in [1.54, 1.807) is 4.90 Å². The van der Waals surface area contributed by atoms with E-state index >= 15 is 0 Å². The lowest BCUT2D eigenvalue weighted by Crippen LogP contribution is -2.34. The van der Waals surface area contributed by atoms with Crippen molar-refractivity contribution in [3.63, 3.8) is 0 Å². The first-order valence-corrected chi connectivity index (χ1v) is 6.52. The van der Waals surface area contributed by atoms with Crippen molar-refractivity contribution in [1.82, 2.24) is 4.90 Å². The van der Waals surface area contributed by atoms with Gasteiger partial charge in [-0.1, -0.05) is 6.07 Å². The van der Waals surface area contributed by atoms with Gasteiger partial charge in [0.15, 0.2) is 11.5 Å². The first kappa shape index (κ1) is 13.7. The van der Waals surface area contributed by atoms with Gasteiger partial charge in [-0.05, 0) is 31.5 Å². The van der Waals surface area contributed by atoms with Crippen molar-refractivity contribution in [2.75, 3.05) is 13.3 Å². The van der Waals surface area contributed by atoms with Crippen LogP contribution in [0.5, 0.6) is 11.5 Å². The van der Waals surface area contributed by atoms with Crippen molar-refractivity contribution >= 4 is 5.91 Å². The Morgan fingerprint density at radius 1 is 1.42 bits per heavy atom. The van der Waals surface area contributed by atoms with Crippen molar-refractivity contribution in [2.24, 2.45) is 5.73 Å². The summed E-state index contributed by atoms with van der Waals surface area (Å²) in [6.07, 6.45) is 0.373. The molecule has 19 heavy (non-hydrogen) atoms. The van der Waals surface area contributed by atoms with E-state index in [1.165, 1.54) is 0 Å². The van der Waals surface area contributed by atoms with E-state index < -0.39 is 0 Å². The SMILES string of the molecule is CCN(Cc1ccc2c(c1)OCO2)C(=O)CC(C)N. The molecule has 1 aliphatic rings. The third-order valence-electron chi connectivity index (χ3n) is 3.04. The number of carbonyl (C=O) groups is 1. The first-order valence-electron chi connectivity index (χ1n) is 6.52. The lowest BCUT2D eigenvalue weighted by Gasteiger charge is -2.22. The predicted molar refractivity (Wildman–Crippen MR) is 71.9 cm³/mol. The van der Waals surface area contributed by atoms with E-state index in [4.69, 9.17) is 15.2 Å². The molecule has 0 aliphatic carbocycles. The van der Waals surface area contributed by atoms with Crippen LogP contribution in [0.2, 0.25) is 0 Å². The summed E-state index contributed by atoms with van der Waals surface area (Å²) in [6.45, 7) is 5.30. The molecular weight excluding hydrogens is 244 g/mol. The molecule has 0 bridgehead atoms. The quantitative estimate of drug-likeness (QED) is 0.875. The fourth-order valence-electron chi connectivity index (χ4n) is 2.04. The second-order valence-corrected chi connectivity index (χ2v) is 4.78. The number of amides is 1. The Kier molecular flexibility index (Phi) is 4.27. The highest BCUT2D eigenvalue weighted by Crippen LogP contribution is 2.32. The van der Waals surface area contributed by atoms with Crippen LogP contribution in [0, 0.1) is 0 Å². The second kappa shape index (κ2) is 5.93. The van der Waals surface area contributed by atoms with E-state index in [1.807, 2.05) is 32.0 Å². The highest BCUT2D eigenvalue weighted by atomic mass is 16.7. The molecule has 1 atom stereocenters. The molecule has 1 aromatic rings. The number of benzene rings is 1. The summed E-state index contributed by atoms with van der Waals surface area (Å²) in [4.78, 5) is 13.8. The standard InChI is InChI=1S/C14H20N2O3/c1-3-16(14(17)6-10(2)15)8-11-4-5-12-13(7-11)19-9-18-12/h4-5,7,10H,3,6,8-9,15H2,1-2H3. The molecular formula is C14H20N2O3. The zero-order chi connectivity index (χ0) is 13.8. The fourth-order valence-corrected chi connectivity index (χ4v) is 2.04. The highest BCUT2D eigenvalue weighted by Gasteiger charge is 2.17. The van der Waals surface area contributed by atoms with Gasteiger partial charge in [0.2, 0.25) is 12.7 Å². The lowest BCUT2D eigenvalue weighted by atomic mass is 10.1. The number of nitrogens with zero attached hydrogens (tertiary/aromatic N) is 1. The van der Waals surface area contributed by atoms with Crippen LogP contribution < -0.4 is 15.2 Å². The van der Waals surface area contributed by atoms with Gasteiger partial charge in [0.1, 0.15) is 0 Å². The monoisotopic (exact) mass is 264 g/mol. The van der Waals surface area contributed by atoms with E-state index in [0.717, 1.165) is 17.1 Å². The molecule has 0 radical (unpaired) electrons. The Bertz CT molecular complexity index is 460. The summed E-state index contributed by atoms with van der Waals surface area (Å²) < 4.78 is 10.6. The zero-order valence-electron chi connectivity index (χ0n) is 11.4. The van der Waals surface area contributed by atoms with Gasteiger partial charge in [0.25, 0.3) is 0 Å². The topological polar surface area (TPSA) is 64.8 Å². The van der Waals surface area contributed by atoms with Gasteiger partial charge in [-0.25, -0.2) is 0 Å². The first-order chi connectivity index (χ1) is 9.10. The maximum absolute atomic E-state index is 12.0. The summed E-state index contributed by atoms with van der Waals surface area (Å²) in [5.74, 6) is 1.58. The number of ether oxygens (including phenoxy) is 2. The molecule has 0 saturated heterocycles. The normalized spacial score (nSPS) is 14.3.